The molecule has 1 aliphatic rings. The third-order valence-electron chi connectivity index (χ3n) is 4.35. The largest absolute Gasteiger partial charge is 0.312 e. The molecule has 0 aromatic heterocycles. The van der Waals surface area contributed by atoms with E-state index >= 15 is 0 Å². The number of rotatable bonds is 4. The standard InChI is InChI=1S/C19H20O/c1-15(20-2)13-18-14-19(18,16-9-5-3-6-10-16)17-11-7-4-8-12-17/h3-13,18H,14H2,1-2H3/q+1. The van der Waals surface area contributed by atoms with Crippen LogP contribution in [0.15, 0.2) is 72.5 Å². The highest BCUT2D eigenvalue weighted by molar-refractivity contribution is 5.49. The summed E-state index contributed by atoms with van der Waals surface area (Å²) in [7, 11) is 1.74. The van der Waals surface area contributed by atoms with Gasteiger partial charge in [0.15, 0.2) is 0 Å². The molecule has 2 aromatic carbocycles. The summed E-state index contributed by atoms with van der Waals surface area (Å²) in [5, 5.41) is 0. The second-order valence-corrected chi connectivity index (χ2v) is 5.50. The van der Waals surface area contributed by atoms with Crippen molar-refractivity contribution in [3.8, 4) is 0 Å². The molecule has 0 saturated heterocycles. The summed E-state index contributed by atoms with van der Waals surface area (Å²) < 4.78 is 5.33. The maximum absolute atomic E-state index is 5.33. The van der Waals surface area contributed by atoms with Gasteiger partial charge >= 0.3 is 5.76 Å². The van der Waals surface area contributed by atoms with Crippen molar-refractivity contribution in [2.75, 3.05) is 7.11 Å². The Balaban J connectivity index is 2.04. The second kappa shape index (κ2) is 5.16. The highest BCUT2D eigenvalue weighted by Crippen LogP contribution is 2.59. The fraction of sp³-hybridized carbons (Fsp3) is 0.263. The number of hydrogen-bond donors (Lipinski definition) is 0. The van der Waals surface area contributed by atoms with E-state index in [-0.39, 0.29) is 5.41 Å². The van der Waals surface area contributed by atoms with Crippen LogP contribution < -0.4 is 0 Å². The molecule has 1 atom stereocenters. The van der Waals surface area contributed by atoms with Gasteiger partial charge in [-0.2, -0.15) is 0 Å². The Bertz CT molecular complexity index is 559. The van der Waals surface area contributed by atoms with Crippen molar-refractivity contribution in [2.45, 2.75) is 18.8 Å². The van der Waals surface area contributed by atoms with Crippen LogP contribution in [-0.4, -0.2) is 7.11 Å². The Morgan fingerprint density at radius 2 is 1.50 bits per heavy atom. The van der Waals surface area contributed by atoms with E-state index in [2.05, 4.69) is 66.7 Å². The molecule has 101 valence electrons. The summed E-state index contributed by atoms with van der Waals surface area (Å²) in [6.45, 7) is 2.03. The first kappa shape index (κ1) is 13.0. The molecule has 0 amide bonds. The fourth-order valence-electron chi connectivity index (χ4n) is 3.14. The highest BCUT2D eigenvalue weighted by atomic mass is 16.5. The van der Waals surface area contributed by atoms with Gasteiger partial charge in [0.1, 0.15) is 0 Å². The minimum atomic E-state index is 0.127. The topological polar surface area (TPSA) is 11.3 Å². The van der Waals surface area contributed by atoms with Crippen LogP contribution in [0.2, 0.25) is 0 Å². The van der Waals surface area contributed by atoms with Gasteiger partial charge in [0.25, 0.3) is 7.11 Å². The van der Waals surface area contributed by atoms with E-state index < -0.39 is 0 Å². The predicted octanol–water partition coefficient (Wildman–Crippen LogP) is 4.54. The van der Waals surface area contributed by atoms with Crippen molar-refractivity contribution in [2.24, 2.45) is 5.92 Å². The highest BCUT2D eigenvalue weighted by Gasteiger charge is 2.55. The van der Waals surface area contributed by atoms with Crippen LogP contribution in [0.5, 0.6) is 0 Å². The smallest absolute Gasteiger partial charge is 0.263 e. The summed E-state index contributed by atoms with van der Waals surface area (Å²) in [5.41, 5.74) is 2.93. The molecule has 3 rings (SSSR count). The molecule has 1 nitrogen and oxygen atoms in total. The number of allylic oxidation sites excluding steroid dienone is 2. The molecule has 1 unspecified atom stereocenters. The van der Waals surface area contributed by atoms with Crippen molar-refractivity contribution in [3.05, 3.63) is 83.6 Å². The van der Waals surface area contributed by atoms with E-state index in [1.807, 2.05) is 6.92 Å². The third-order valence-corrected chi connectivity index (χ3v) is 4.35. The van der Waals surface area contributed by atoms with Crippen molar-refractivity contribution >= 4 is 0 Å². The minimum absolute atomic E-state index is 0.127. The molecule has 20 heavy (non-hydrogen) atoms. The van der Waals surface area contributed by atoms with Crippen molar-refractivity contribution in [3.63, 3.8) is 0 Å². The molecule has 0 heterocycles. The number of methoxy groups -OCH3 is 1. The van der Waals surface area contributed by atoms with Gasteiger partial charge in [0.2, 0.25) is 0 Å². The lowest BCUT2D eigenvalue weighted by molar-refractivity contribution is 0.291. The average Bonchev–Trinajstić information content (AvgIpc) is 3.24. The minimum Gasteiger partial charge on any atom is -0.263 e. The molecule has 0 aliphatic heterocycles. The van der Waals surface area contributed by atoms with E-state index in [0.717, 1.165) is 12.2 Å². The van der Waals surface area contributed by atoms with Crippen LogP contribution >= 0.6 is 0 Å². The Kier molecular flexibility index (Phi) is 3.35. The maximum atomic E-state index is 5.33. The summed E-state index contributed by atoms with van der Waals surface area (Å²) in [6, 6.07) is 21.6. The molecule has 1 fully saturated rings. The van der Waals surface area contributed by atoms with Gasteiger partial charge in [-0.05, 0) is 17.5 Å². The summed E-state index contributed by atoms with van der Waals surface area (Å²) in [5.74, 6) is 1.52. The lowest BCUT2D eigenvalue weighted by Gasteiger charge is -2.17. The maximum Gasteiger partial charge on any atom is 0.312 e. The SMILES string of the molecule is C[O+]C(C)=CC1CC1(c1ccccc1)c1ccccc1. The van der Waals surface area contributed by atoms with Crippen molar-refractivity contribution < 1.29 is 4.74 Å². The Labute approximate surface area is 120 Å². The lowest BCUT2D eigenvalue weighted by Crippen LogP contribution is -2.11. The zero-order valence-electron chi connectivity index (χ0n) is 12.0. The number of hydrogen-bond acceptors (Lipinski definition) is 1. The van der Waals surface area contributed by atoms with Gasteiger partial charge < -0.3 is 0 Å². The fourth-order valence-corrected chi connectivity index (χ4v) is 3.14. The molecule has 0 bridgehead atoms. The van der Waals surface area contributed by atoms with Crippen LogP contribution in [0.1, 0.15) is 24.5 Å². The van der Waals surface area contributed by atoms with Crippen LogP contribution in [0.4, 0.5) is 0 Å². The van der Waals surface area contributed by atoms with Crippen LogP contribution in [0.3, 0.4) is 0 Å². The molecule has 1 heteroatoms. The van der Waals surface area contributed by atoms with Crippen LogP contribution in [-0.2, 0) is 10.2 Å². The first-order valence-electron chi connectivity index (χ1n) is 7.11. The monoisotopic (exact) mass is 264 g/mol. The number of benzene rings is 2. The van der Waals surface area contributed by atoms with Gasteiger partial charge in [-0.3, -0.25) is 4.74 Å². The second-order valence-electron chi connectivity index (χ2n) is 5.50. The van der Waals surface area contributed by atoms with E-state index in [4.69, 9.17) is 4.74 Å². The first-order chi connectivity index (χ1) is 9.77. The Morgan fingerprint density at radius 1 is 1.00 bits per heavy atom. The lowest BCUT2D eigenvalue weighted by atomic mass is 9.85. The summed E-state index contributed by atoms with van der Waals surface area (Å²) >= 11 is 0. The van der Waals surface area contributed by atoms with E-state index in [9.17, 15) is 0 Å². The normalized spacial score (nSPS) is 20.5. The van der Waals surface area contributed by atoms with Gasteiger partial charge in [-0.1, -0.05) is 60.7 Å². The van der Waals surface area contributed by atoms with Crippen LogP contribution in [0.25, 0.3) is 0 Å². The van der Waals surface area contributed by atoms with E-state index in [1.54, 1.807) is 7.11 Å². The van der Waals surface area contributed by atoms with Crippen molar-refractivity contribution in [1.29, 1.82) is 0 Å². The molecule has 0 N–H and O–H groups in total. The quantitative estimate of drug-likeness (QED) is 0.582. The molecule has 1 radical (unpaired) electrons. The third kappa shape index (κ3) is 2.14. The van der Waals surface area contributed by atoms with Gasteiger partial charge in [0, 0.05) is 17.4 Å². The van der Waals surface area contributed by atoms with Gasteiger partial charge in [-0.15, -0.1) is 0 Å². The zero-order valence-corrected chi connectivity index (χ0v) is 12.0. The molecular formula is C19H20O+. The van der Waals surface area contributed by atoms with Gasteiger partial charge in [0.05, 0.1) is 6.92 Å². The molecule has 0 spiro atoms. The first-order valence-corrected chi connectivity index (χ1v) is 7.11. The van der Waals surface area contributed by atoms with E-state index in [0.29, 0.717) is 5.92 Å². The molecule has 1 aliphatic carbocycles. The molecule has 1 saturated carbocycles. The molecule has 2 aromatic rings. The zero-order chi connectivity index (χ0) is 14.0. The molecular weight excluding hydrogens is 244 g/mol. The number of ether oxygens (including phenoxy) is 1. The van der Waals surface area contributed by atoms with Gasteiger partial charge in [-0.25, -0.2) is 0 Å². The summed E-state index contributed by atoms with van der Waals surface area (Å²) in [6.07, 6.45) is 3.42. The van der Waals surface area contributed by atoms with Crippen LogP contribution in [0, 0.1) is 5.92 Å². The Morgan fingerprint density at radius 3 is 1.95 bits per heavy atom. The van der Waals surface area contributed by atoms with Crippen molar-refractivity contribution in [1.82, 2.24) is 0 Å². The predicted molar refractivity (Wildman–Crippen MR) is 82.5 cm³/mol. The average molecular weight is 264 g/mol. The summed E-state index contributed by atoms with van der Waals surface area (Å²) in [4.78, 5) is 0. The van der Waals surface area contributed by atoms with E-state index in [1.165, 1.54) is 11.1 Å². The Hall–Kier alpha value is -2.02.